The number of aromatic nitrogens is 4. The molecular weight excluding hydrogens is 318 g/mol. The monoisotopic (exact) mass is 331 g/mol. The van der Waals surface area contributed by atoms with E-state index in [-0.39, 0.29) is 0 Å². The lowest BCUT2D eigenvalue weighted by Gasteiger charge is -2.10. The molecule has 2 aromatic heterocycles. The van der Waals surface area contributed by atoms with Gasteiger partial charge in [0.15, 0.2) is 5.82 Å². The second kappa shape index (κ2) is 5.98. The van der Waals surface area contributed by atoms with Crippen molar-refractivity contribution in [1.29, 1.82) is 0 Å². The molecule has 0 aliphatic carbocycles. The summed E-state index contributed by atoms with van der Waals surface area (Å²) >= 11 is 7.37. The summed E-state index contributed by atoms with van der Waals surface area (Å²) in [5, 5.41) is 5.81. The van der Waals surface area contributed by atoms with Crippen LogP contribution in [-0.4, -0.2) is 19.7 Å². The van der Waals surface area contributed by atoms with Gasteiger partial charge in [-0.3, -0.25) is 0 Å². The molecule has 3 rings (SSSR count). The third-order valence-corrected chi connectivity index (χ3v) is 4.34. The lowest BCUT2D eigenvalue weighted by Crippen LogP contribution is -2.08. The number of nitrogen functional groups attached to an aromatic ring is 1. The highest BCUT2D eigenvalue weighted by atomic mass is 35.5. The van der Waals surface area contributed by atoms with E-state index in [4.69, 9.17) is 17.3 Å². The summed E-state index contributed by atoms with van der Waals surface area (Å²) in [6.07, 6.45) is 1.50. The molecule has 0 unspecified atom stereocenters. The Morgan fingerprint density at radius 2 is 1.86 bits per heavy atom. The van der Waals surface area contributed by atoms with Crippen LogP contribution in [0.3, 0.4) is 0 Å². The second-order valence-corrected chi connectivity index (χ2v) is 6.31. The molecule has 0 aliphatic heterocycles. The van der Waals surface area contributed by atoms with Crippen molar-refractivity contribution < 1.29 is 0 Å². The normalized spacial score (nSPS) is 10.9. The minimum Gasteiger partial charge on any atom is -0.393 e. The Morgan fingerprint density at radius 3 is 2.50 bits per heavy atom. The van der Waals surface area contributed by atoms with Crippen molar-refractivity contribution in [3.8, 4) is 5.82 Å². The highest BCUT2D eigenvalue weighted by Gasteiger charge is 2.14. The molecule has 0 spiro atoms. The van der Waals surface area contributed by atoms with Gasteiger partial charge in [-0.15, -0.1) is 0 Å². The predicted octanol–water partition coefficient (Wildman–Crippen LogP) is 3.67. The molecule has 5 nitrogen and oxygen atoms in total. The van der Waals surface area contributed by atoms with Crippen molar-refractivity contribution >= 4 is 29.1 Å². The lowest BCUT2D eigenvalue weighted by atomic mass is 10.4. The van der Waals surface area contributed by atoms with Crippen LogP contribution in [0.15, 0.2) is 46.6 Å². The third-order valence-electron chi connectivity index (χ3n) is 3.06. The van der Waals surface area contributed by atoms with E-state index in [0.29, 0.717) is 21.6 Å². The fourth-order valence-corrected chi connectivity index (χ4v) is 3.00. The van der Waals surface area contributed by atoms with Gasteiger partial charge in [0.1, 0.15) is 17.0 Å². The van der Waals surface area contributed by atoms with E-state index in [1.54, 1.807) is 4.68 Å². The van der Waals surface area contributed by atoms with Gasteiger partial charge in [0, 0.05) is 15.6 Å². The summed E-state index contributed by atoms with van der Waals surface area (Å²) in [6.45, 7) is 3.90. The third kappa shape index (κ3) is 2.93. The van der Waals surface area contributed by atoms with Crippen LogP contribution in [0, 0.1) is 13.8 Å². The zero-order valence-corrected chi connectivity index (χ0v) is 13.7. The molecule has 0 fully saturated rings. The lowest BCUT2D eigenvalue weighted by molar-refractivity contribution is 0.796. The van der Waals surface area contributed by atoms with Gasteiger partial charge in [0.05, 0.1) is 5.69 Å². The largest absolute Gasteiger partial charge is 0.393 e. The number of aryl methyl sites for hydroxylation is 2. The number of nitrogens with two attached hydrogens (primary N) is 1. The Labute approximate surface area is 137 Å². The first-order valence-electron chi connectivity index (χ1n) is 6.62. The maximum Gasteiger partial charge on any atom is 0.181 e. The average Bonchev–Trinajstić information content (AvgIpc) is 2.82. The summed E-state index contributed by atoms with van der Waals surface area (Å²) in [5.74, 6) is 0.595. The topological polar surface area (TPSA) is 69.6 Å². The van der Waals surface area contributed by atoms with Crippen LogP contribution < -0.4 is 5.73 Å². The Kier molecular flexibility index (Phi) is 4.04. The molecule has 1 aromatic carbocycles. The highest BCUT2D eigenvalue weighted by Crippen LogP contribution is 2.33. The van der Waals surface area contributed by atoms with Crippen molar-refractivity contribution in [2.75, 3.05) is 5.73 Å². The minimum atomic E-state index is 0.508. The fraction of sp³-hybridized carbons (Fsp3) is 0.133. The molecule has 2 heterocycles. The van der Waals surface area contributed by atoms with Gasteiger partial charge in [-0.2, -0.15) is 5.10 Å². The Hall–Kier alpha value is -2.05. The Bertz CT molecular complexity index is 813. The fourth-order valence-electron chi connectivity index (χ4n) is 2.08. The van der Waals surface area contributed by atoms with E-state index in [1.165, 1.54) is 18.1 Å². The van der Waals surface area contributed by atoms with Gasteiger partial charge in [-0.05, 0) is 44.2 Å². The Morgan fingerprint density at radius 1 is 1.14 bits per heavy atom. The summed E-state index contributed by atoms with van der Waals surface area (Å²) in [7, 11) is 0. The van der Waals surface area contributed by atoms with Crippen molar-refractivity contribution in [2.24, 2.45) is 0 Å². The molecule has 0 amide bonds. The molecule has 0 aliphatic rings. The minimum absolute atomic E-state index is 0.508. The summed E-state index contributed by atoms with van der Waals surface area (Å²) < 4.78 is 1.73. The molecule has 0 radical (unpaired) electrons. The van der Waals surface area contributed by atoms with E-state index in [9.17, 15) is 0 Å². The van der Waals surface area contributed by atoms with Gasteiger partial charge in [-0.25, -0.2) is 14.6 Å². The zero-order valence-electron chi connectivity index (χ0n) is 12.1. The molecule has 3 aromatic rings. The number of nitrogens with zero attached hydrogens (tertiary/aromatic N) is 4. The summed E-state index contributed by atoms with van der Waals surface area (Å²) in [4.78, 5) is 9.55. The van der Waals surface area contributed by atoms with Crippen LogP contribution in [0.2, 0.25) is 5.02 Å². The number of halogens is 1. The van der Waals surface area contributed by atoms with E-state index in [2.05, 4.69) is 15.1 Å². The first kappa shape index (κ1) is 14.9. The van der Waals surface area contributed by atoms with Crippen molar-refractivity contribution in [3.05, 3.63) is 53.1 Å². The van der Waals surface area contributed by atoms with Crippen LogP contribution >= 0.6 is 23.4 Å². The van der Waals surface area contributed by atoms with Crippen LogP contribution in [0.5, 0.6) is 0 Å². The molecule has 2 N–H and O–H groups in total. The molecule has 22 heavy (non-hydrogen) atoms. The quantitative estimate of drug-likeness (QED) is 0.741. The van der Waals surface area contributed by atoms with Gasteiger partial charge >= 0.3 is 0 Å². The number of anilines is 1. The zero-order chi connectivity index (χ0) is 15.7. The van der Waals surface area contributed by atoms with E-state index in [0.717, 1.165) is 16.3 Å². The number of rotatable bonds is 3. The molecule has 0 saturated heterocycles. The SMILES string of the molecule is Cc1cc(C)n(-c2ncnc(Sc3ccc(Cl)cc3)c2N)n1. The van der Waals surface area contributed by atoms with E-state index in [1.807, 2.05) is 44.2 Å². The first-order valence-corrected chi connectivity index (χ1v) is 7.81. The molecule has 7 heteroatoms. The molecule has 0 saturated carbocycles. The molecular formula is C15H14ClN5S. The van der Waals surface area contributed by atoms with Crippen LogP contribution in [0.4, 0.5) is 5.69 Å². The second-order valence-electron chi connectivity index (χ2n) is 4.81. The van der Waals surface area contributed by atoms with Crippen LogP contribution in [-0.2, 0) is 0 Å². The van der Waals surface area contributed by atoms with Crippen molar-refractivity contribution in [3.63, 3.8) is 0 Å². The van der Waals surface area contributed by atoms with E-state index < -0.39 is 0 Å². The van der Waals surface area contributed by atoms with Gasteiger partial charge in [0.2, 0.25) is 0 Å². The predicted molar refractivity (Wildman–Crippen MR) is 88.6 cm³/mol. The van der Waals surface area contributed by atoms with E-state index >= 15 is 0 Å². The molecule has 0 bridgehead atoms. The maximum atomic E-state index is 6.24. The van der Waals surface area contributed by atoms with Gasteiger partial charge in [-0.1, -0.05) is 23.4 Å². The first-order chi connectivity index (χ1) is 10.5. The smallest absolute Gasteiger partial charge is 0.181 e. The van der Waals surface area contributed by atoms with Crippen molar-refractivity contribution in [2.45, 2.75) is 23.8 Å². The van der Waals surface area contributed by atoms with Crippen LogP contribution in [0.1, 0.15) is 11.4 Å². The number of benzene rings is 1. The number of hydrogen-bond acceptors (Lipinski definition) is 5. The molecule has 112 valence electrons. The standard InChI is InChI=1S/C15H14ClN5S/c1-9-7-10(2)21(20-9)14-13(17)15(19-8-18-14)22-12-5-3-11(16)4-6-12/h3-8H,17H2,1-2H3. The Balaban J connectivity index is 1.98. The van der Waals surface area contributed by atoms with Gasteiger partial charge < -0.3 is 5.73 Å². The average molecular weight is 332 g/mol. The van der Waals surface area contributed by atoms with Crippen molar-refractivity contribution in [1.82, 2.24) is 19.7 Å². The number of hydrogen-bond donors (Lipinski definition) is 1. The summed E-state index contributed by atoms with van der Waals surface area (Å²) in [6, 6.07) is 9.51. The molecule has 0 atom stereocenters. The maximum absolute atomic E-state index is 6.24. The summed E-state index contributed by atoms with van der Waals surface area (Å²) in [5.41, 5.74) is 8.64. The van der Waals surface area contributed by atoms with Gasteiger partial charge in [0.25, 0.3) is 0 Å². The highest BCUT2D eigenvalue weighted by molar-refractivity contribution is 7.99. The van der Waals surface area contributed by atoms with Crippen LogP contribution in [0.25, 0.3) is 5.82 Å².